The summed E-state index contributed by atoms with van der Waals surface area (Å²) in [7, 11) is 0. The van der Waals surface area contributed by atoms with Crippen molar-refractivity contribution in [2.24, 2.45) is 11.8 Å². The van der Waals surface area contributed by atoms with E-state index in [-0.39, 0.29) is 0 Å². The van der Waals surface area contributed by atoms with Gasteiger partial charge in [-0.3, -0.25) is 4.79 Å². The molecule has 0 aromatic rings. The molecule has 2 saturated carbocycles. The van der Waals surface area contributed by atoms with Gasteiger partial charge in [0.15, 0.2) is 0 Å². The number of rotatable bonds is 1. The van der Waals surface area contributed by atoms with Crippen LogP contribution in [0.3, 0.4) is 0 Å². The largest absolute Gasteiger partial charge is 0.339 e. The van der Waals surface area contributed by atoms with Gasteiger partial charge in [-0.05, 0) is 44.4 Å². The van der Waals surface area contributed by atoms with Gasteiger partial charge in [0.2, 0.25) is 5.91 Å². The van der Waals surface area contributed by atoms with Gasteiger partial charge in [-0.1, -0.05) is 12.8 Å². The number of amides is 1. The Hall–Kier alpha value is -0.530. The van der Waals surface area contributed by atoms with Gasteiger partial charge in [0.25, 0.3) is 0 Å². The molecule has 84 valence electrons. The number of piperidine rings is 1. The Bertz CT molecular complexity index is 257. The minimum Gasteiger partial charge on any atom is -0.339 e. The van der Waals surface area contributed by atoms with E-state index in [1.807, 2.05) is 0 Å². The van der Waals surface area contributed by atoms with E-state index >= 15 is 0 Å². The molecule has 2 nitrogen and oxygen atoms in total. The molecular formula is C13H21NO. The van der Waals surface area contributed by atoms with Crippen molar-refractivity contribution in [3.05, 3.63) is 0 Å². The predicted molar refractivity (Wildman–Crippen MR) is 59.4 cm³/mol. The van der Waals surface area contributed by atoms with Crippen molar-refractivity contribution in [1.29, 1.82) is 0 Å². The second-order valence-corrected chi connectivity index (χ2v) is 5.56. The summed E-state index contributed by atoms with van der Waals surface area (Å²) in [6, 6.07) is 0.626. The Morgan fingerprint density at radius 2 is 1.67 bits per heavy atom. The van der Waals surface area contributed by atoms with E-state index in [2.05, 4.69) is 4.90 Å². The van der Waals surface area contributed by atoms with Gasteiger partial charge in [-0.2, -0.15) is 0 Å². The smallest absolute Gasteiger partial charge is 0.225 e. The summed E-state index contributed by atoms with van der Waals surface area (Å²) < 4.78 is 0. The van der Waals surface area contributed by atoms with Crippen LogP contribution < -0.4 is 0 Å². The fourth-order valence-corrected chi connectivity index (χ4v) is 3.46. The first-order valence-corrected chi connectivity index (χ1v) is 6.67. The molecule has 1 aliphatic heterocycles. The third-order valence-corrected chi connectivity index (χ3v) is 4.45. The molecule has 3 aliphatic rings. The summed E-state index contributed by atoms with van der Waals surface area (Å²) >= 11 is 0. The minimum atomic E-state index is 0.422. The Labute approximate surface area is 92.0 Å². The lowest BCUT2D eigenvalue weighted by molar-refractivity contribution is -0.138. The lowest BCUT2D eigenvalue weighted by Crippen LogP contribution is -2.50. The molecule has 15 heavy (non-hydrogen) atoms. The van der Waals surface area contributed by atoms with Crippen molar-refractivity contribution < 1.29 is 4.79 Å². The van der Waals surface area contributed by atoms with Crippen LogP contribution in [0.5, 0.6) is 0 Å². The molecular weight excluding hydrogens is 186 g/mol. The van der Waals surface area contributed by atoms with E-state index in [0.29, 0.717) is 17.9 Å². The number of carbonyl (C=O) groups excluding carboxylic acids is 1. The van der Waals surface area contributed by atoms with Gasteiger partial charge < -0.3 is 4.90 Å². The van der Waals surface area contributed by atoms with Gasteiger partial charge in [0.05, 0.1) is 0 Å². The van der Waals surface area contributed by atoms with Crippen molar-refractivity contribution in [2.45, 2.75) is 57.4 Å². The normalized spacial score (nSPS) is 36.1. The van der Waals surface area contributed by atoms with Crippen LogP contribution in [0.25, 0.3) is 0 Å². The maximum Gasteiger partial charge on any atom is 0.225 e. The van der Waals surface area contributed by atoms with Crippen LogP contribution in [-0.4, -0.2) is 23.4 Å². The highest BCUT2D eigenvalue weighted by Gasteiger charge is 2.40. The minimum absolute atomic E-state index is 0.422. The van der Waals surface area contributed by atoms with Crippen LogP contribution in [0.4, 0.5) is 0 Å². The zero-order chi connectivity index (χ0) is 10.3. The molecule has 2 heteroatoms. The molecule has 0 N–H and O–H groups in total. The SMILES string of the molecule is O=C(C1CC1)N1CCCC2CCCCC21. The standard InChI is InChI=1S/C13H21NO/c15-13(11-7-8-11)14-9-3-5-10-4-1-2-6-12(10)14/h10-12H,1-9H2. The Balaban J connectivity index is 1.72. The molecule has 0 spiro atoms. The molecule has 0 aromatic heterocycles. The maximum absolute atomic E-state index is 12.1. The summed E-state index contributed by atoms with van der Waals surface area (Å²) in [5.74, 6) is 1.76. The van der Waals surface area contributed by atoms with Crippen molar-refractivity contribution >= 4 is 5.91 Å². The molecule has 1 amide bonds. The first kappa shape index (κ1) is 9.68. The first-order valence-electron chi connectivity index (χ1n) is 6.67. The molecule has 1 heterocycles. The molecule has 1 saturated heterocycles. The summed E-state index contributed by atoms with van der Waals surface area (Å²) in [4.78, 5) is 14.4. The highest BCUT2D eigenvalue weighted by Crippen LogP contribution is 2.39. The molecule has 2 atom stereocenters. The predicted octanol–water partition coefficient (Wildman–Crippen LogP) is 2.58. The number of hydrogen-bond donors (Lipinski definition) is 0. The Kier molecular flexibility index (Phi) is 2.45. The number of hydrogen-bond acceptors (Lipinski definition) is 1. The zero-order valence-corrected chi connectivity index (χ0v) is 9.45. The monoisotopic (exact) mass is 207 g/mol. The Morgan fingerprint density at radius 3 is 2.47 bits per heavy atom. The maximum atomic E-state index is 12.1. The van der Waals surface area contributed by atoms with Gasteiger partial charge in [0.1, 0.15) is 0 Å². The summed E-state index contributed by atoms with van der Waals surface area (Å²) in [6.45, 7) is 1.05. The van der Waals surface area contributed by atoms with E-state index in [4.69, 9.17) is 0 Å². The lowest BCUT2D eigenvalue weighted by atomic mass is 9.78. The number of fused-ring (bicyclic) bond motifs is 1. The summed E-state index contributed by atoms with van der Waals surface area (Å²) in [6.07, 6.45) is 10.3. The van der Waals surface area contributed by atoms with Crippen LogP contribution in [0.1, 0.15) is 51.4 Å². The molecule has 3 rings (SSSR count). The van der Waals surface area contributed by atoms with Gasteiger partial charge in [-0.25, -0.2) is 0 Å². The van der Waals surface area contributed by atoms with Gasteiger partial charge in [-0.15, -0.1) is 0 Å². The van der Waals surface area contributed by atoms with E-state index in [0.717, 1.165) is 25.3 Å². The second kappa shape index (κ2) is 3.80. The first-order chi connectivity index (χ1) is 7.36. The third-order valence-electron chi connectivity index (χ3n) is 4.45. The van der Waals surface area contributed by atoms with Crippen LogP contribution in [0, 0.1) is 11.8 Å². The van der Waals surface area contributed by atoms with Crippen molar-refractivity contribution in [1.82, 2.24) is 4.90 Å². The van der Waals surface area contributed by atoms with Gasteiger partial charge >= 0.3 is 0 Å². The molecule has 2 aliphatic carbocycles. The molecule has 3 fully saturated rings. The van der Waals surface area contributed by atoms with Crippen LogP contribution >= 0.6 is 0 Å². The fourth-order valence-electron chi connectivity index (χ4n) is 3.46. The van der Waals surface area contributed by atoms with Crippen molar-refractivity contribution in [2.75, 3.05) is 6.54 Å². The van der Waals surface area contributed by atoms with Crippen molar-refractivity contribution in [3.8, 4) is 0 Å². The number of likely N-dealkylation sites (tertiary alicyclic amines) is 1. The summed E-state index contributed by atoms with van der Waals surface area (Å²) in [5.41, 5.74) is 0. The van der Waals surface area contributed by atoms with E-state index < -0.39 is 0 Å². The number of nitrogens with zero attached hydrogens (tertiary/aromatic N) is 1. The number of carbonyl (C=O) groups is 1. The molecule has 0 radical (unpaired) electrons. The summed E-state index contributed by atoms with van der Waals surface area (Å²) in [5, 5.41) is 0. The third kappa shape index (κ3) is 1.79. The van der Waals surface area contributed by atoms with E-state index in [1.54, 1.807) is 0 Å². The fraction of sp³-hybridized carbons (Fsp3) is 0.923. The highest BCUT2D eigenvalue weighted by molar-refractivity contribution is 5.81. The van der Waals surface area contributed by atoms with Crippen LogP contribution in [-0.2, 0) is 4.79 Å². The topological polar surface area (TPSA) is 20.3 Å². The average molecular weight is 207 g/mol. The second-order valence-electron chi connectivity index (χ2n) is 5.56. The highest BCUT2D eigenvalue weighted by atomic mass is 16.2. The van der Waals surface area contributed by atoms with Crippen LogP contribution in [0.2, 0.25) is 0 Å². The Morgan fingerprint density at radius 1 is 0.933 bits per heavy atom. The van der Waals surface area contributed by atoms with Gasteiger partial charge in [0, 0.05) is 18.5 Å². The van der Waals surface area contributed by atoms with Crippen LogP contribution in [0.15, 0.2) is 0 Å². The zero-order valence-electron chi connectivity index (χ0n) is 9.45. The van der Waals surface area contributed by atoms with Crippen molar-refractivity contribution in [3.63, 3.8) is 0 Å². The average Bonchev–Trinajstić information content (AvgIpc) is 3.11. The van der Waals surface area contributed by atoms with E-state index in [1.165, 1.54) is 38.5 Å². The quantitative estimate of drug-likeness (QED) is 0.647. The molecule has 0 aromatic carbocycles. The molecule has 0 bridgehead atoms. The van der Waals surface area contributed by atoms with E-state index in [9.17, 15) is 4.79 Å². The lowest BCUT2D eigenvalue weighted by Gasteiger charge is -2.44. The molecule has 2 unspecified atom stereocenters.